The lowest BCUT2D eigenvalue weighted by Crippen LogP contribution is -2.05. The van der Waals surface area contributed by atoms with E-state index < -0.39 is 11.7 Å². The Balaban J connectivity index is 3.35. The molecule has 0 amide bonds. The molecule has 1 nitrogen and oxygen atoms in total. The number of alkyl halides is 3. The summed E-state index contributed by atoms with van der Waals surface area (Å²) in [6, 6.07) is 1.74. The van der Waals surface area contributed by atoms with E-state index in [2.05, 4.69) is 31.9 Å². The van der Waals surface area contributed by atoms with E-state index in [0.717, 1.165) is 12.1 Å². The Morgan fingerprint density at radius 1 is 1.14 bits per heavy atom. The third kappa shape index (κ3) is 2.36. The molecule has 0 aliphatic carbocycles. The van der Waals surface area contributed by atoms with Gasteiger partial charge in [-0.2, -0.15) is 13.2 Å². The highest BCUT2D eigenvalue weighted by Gasteiger charge is 2.31. The molecule has 0 atom stereocenters. The minimum Gasteiger partial charge on any atom is -0.298 e. The van der Waals surface area contributed by atoms with Gasteiger partial charge < -0.3 is 0 Å². The van der Waals surface area contributed by atoms with Crippen LogP contribution in [0.25, 0.3) is 0 Å². The summed E-state index contributed by atoms with van der Waals surface area (Å²) in [6.45, 7) is 0. The zero-order valence-corrected chi connectivity index (χ0v) is 9.70. The van der Waals surface area contributed by atoms with Crippen LogP contribution in [0.2, 0.25) is 0 Å². The molecular weight excluding hydrogens is 329 g/mol. The first-order chi connectivity index (χ1) is 6.36. The van der Waals surface area contributed by atoms with Gasteiger partial charge in [-0.05, 0) is 12.1 Å². The molecule has 0 fully saturated rings. The Bertz CT molecular complexity index is 350. The van der Waals surface area contributed by atoms with Gasteiger partial charge in [0.15, 0.2) is 6.29 Å². The Hall–Kier alpha value is -0.360. The van der Waals surface area contributed by atoms with E-state index in [1.54, 1.807) is 0 Å². The van der Waals surface area contributed by atoms with Crippen molar-refractivity contribution < 1.29 is 18.0 Å². The van der Waals surface area contributed by atoms with Crippen LogP contribution < -0.4 is 0 Å². The first-order valence-electron chi connectivity index (χ1n) is 3.37. The van der Waals surface area contributed by atoms with Gasteiger partial charge >= 0.3 is 6.18 Å². The Kier molecular flexibility index (Phi) is 3.36. The molecule has 0 aromatic heterocycles. The zero-order chi connectivity index (χ0) is 10.9. The van der Waals surface area contributed by atoms with Crippen molar-refractivity contribution in [2.24, 2.45) is 0 Å². The molecule has 0 unspecified atom stereocenters. The van der Waals surface area contributed by atoms with Crippen LogP contribution in [0, 0.1) is 0 Å². The van der Waals surface area contributed by atoms with Crippen molar-refractivity contribution >= 4 is 38.1 Å². The van der Waals surface area contributed by atoms with Crippen molar-refractivity contribution in [2.45, 2.75) is 6.18 Å². The van der Waals surface area contributed by atoms with Gasteiger partial charge in [0.05, 0.1) is 5.56 Å². The fourth-order valence-corrected chi connectivity index (χ4v) is 2.23. The number of benzene rings is 1. The summed E-state index contributed by atoms with van der Waals surface area (Å²) >= 11 is 5.78. The van der Waals surface area contributed by atoms with Crippen LogP contribution in [-0.2, 0) is 6.18 Å². The van der Waals surface area contributed by atoms with Crippen LogP contribution in [0.5, 0.6) is 0 Å². The van der Waals surface area contributed by atoms with Crippen LogP contribution in [0.1, 0.15) is 15.9 Å². The summed E-state index contributed by atoms with van der Waals surface area (Å²) in [7, 11) is 0. The van der Waals surface area contributed by atoms with E-state index >= 15 is 0 Å². The fraction of sp³-hybridized carbons (Fsp3) is 0.125. The SMILES string of the molecule is O=Cc1c(Br)cc(C(F)(F)F)cc1Br. The normalized spacial score (nSPS) is 11.5. The number of halogens is 5. The molecule has 76 valence electrons. The van der Waals surface area contributed by atoms with E-state index in [4.69, 9.17) is 0 Å². The molecule has 6 heteroatoms. The molecule has 0 spiro atoms. The second kappa shape index (κ2) is 4.02. The van der Waals surface area contributed by atoms with Crippen LogP contribution in [0.4, 0.5) is 13.2 Å². The lowest BCUT2D eigenvalue weighted by molar-refractivity contribution is -0.137. The predicted octanol–water partition coefficient (Wildman–Crippen LogP) is 4.04. The molecule has 0 heterocycles. The summed E-state index contributed by atoms with van der Waals surface area (Å²) in [4.78, 5) is 10.5. The molecular formula is C8H3Br2F3O. The third-order valence-electron chi connectivity index (χ3n) is 1.52. The molecule has 0 saturated heterocycles. The minimum absolute atomic E-state index is 0.120. The van der Waals surface area contributed by atoms with E-state index in [1.165, 1.54) is 0 Å². The topological polar surface area (TPSA) is 17.1 Å². The number of carbonyl (C=O) groups is 1. The number of rotatable bonds is 1. The lowest BCUT2D eigenvalue weighted by Gasteiger charge is -2.09. The summed E-state index contributed by atoms with van der Waals surface area (Å²) < 4.78 is 37.0. The summed E-state index contributed by atoms with van der Waals surface area (Å²) in [5, 5.41) is 0. The maximum absolute atomic E-state index is 12.3. The summed E-state index contributed by atoms with van der Waals surface area (Å²) in [5.41, 5.74) is -0.639. The molecule has 0 bridgehead atoms. The number of hydrogen-bond acceptors (Lipinski definition) is 1. The van der Waals surface area contributed by atoms with Crippen molar-refractivity contribution in [1.82, 2.24) is 0 Å². The highest BCUT2D eigenvalue weighted by Crippen LogP contribution is 2.35. The van der Waals surface area contributed by atoms with Crippen molar-refractivity contribution in [3.8, 4) is 0 Å². The van der Waals surface area contributed by atoms with Crippen molar-refractivity contribution in [1.29, 1.82) is 0 Å². The minimum atomic E-state index is -4.41. The first-order valence-corrected chi connectivity index (χ1v) is 4.96. The second-order valence-corrected chi connectivity index (χ2v) is 4.18. The maximum atomic E-state index is 12.3. The van der Waals surface area contributed by atoms with E-state index in [1.807, 2.05) is 0 Å². The summed E-state index contributed by atoms with van der Waals surface area (Å²) in [5.74, 6) is 0. The smallest absolute Gasteiger partial charge is 0.298 e. The molecule has 0 saturated carbocycles. The average molecular weight is 332 g/mol. The molecule has 0 aliphatic rings. The van der Waals surface area contributed by atoms with Gasteiger partial charge in [-0.1, -0.05) is 31.9 Å². The van der Waals surface area contributed by atoms with Gasteiger partial charge in [-0.15, -0.1) is 0 Å². The van der Waals surface area contributed by atoms with Crippen LogP contribution in [0.15, 0.2) is 21.1 Å². The number of aldehydes is 1. The van der Waals surface area contributed by atoms with Crippen molar-refractivity contribution in [2.75, 3.05) is 0 Å². The molecule has 0 radical (unpaired) electrons. The second-order valence-electron chi connectivity index (χ2n) is 2.47. The van der Waals surface area contributed by atoms with Gasteiger partial charge in [0.2, 0.25) is 0 Å². The van der Waals surface area contributed by atoms with Crippen molar-refractivity contribution in [3.05, 3.63) is 32.2 Å². The van der Waals surface area contributed by atoms with Gasteiger partial charge in [0.25, 0.3) is 0 Å². The maximum Gasteiger partial charge on any atom is 0.416 e. The van der Waals surface area contributed by atoms with Crippen LogP contribution in [0.3, 0.4) is 0 Å². The fourth-order valence-electron chi connectivity index (χ4n) is 0.861. The number of carbonyl (C=O) groups excluding carboxylic acids is 1. The molecule has 1 aromatic rings. The zero-order valence-electron chi connectivity index (χ0n) is 6.53. The Labute approximate surface area is 94.6 Å². The monoisotopic (exact) mass is 330 g/mol. The lowest BCUT2D eigenvalue weighted by atomic mass is 10.1. The molecule has 0 aliphatic heterocycles. The molecule has 1 aromatic carbocycles. The van der Waals surface area contributed by atoms with Gasteiger partial charge in [0.1, 0.15) is 0 Å². The first kappa shape index (κ1) is 11.7. The standard InChI is InChI=1S/C8H3Br2F3O/c9-6-1-4(8(11,12)13)2-7(10)5(6)3-14/h1-3H. The highest BCUT2D eigenvalue weighted by atomic mass is 79.9. The Morgan fingerprint density at radius 2 is 1.57 bits per heavy atom. The van der Waals surface area contributed by atoms with Gasteiger partial charge in [-0.25, -0.2) is 0 Å². The predicted molar refractivity (Wildman–Crippen MR) is 52.2 cm³/mol. The third-order valence-corrected chi connectivity index (χ3v) is 2.84. The molecule has 0 N–H and O–H groups in total. The van der Waals surface area contributed by atoms with Crippen LogP contribution in [-0.4, -0.2) is 6.29 Å². The average Bonchev–Trinajstić information content (AvgIpc) is 2.01. The van der Waals surface area contributed by atoms with Gasteiger partial charge in [-0.3, -0.25) is 4.79 Å². The van der Waals surface area contributed by atoms with Crippen LogP contribution >= 0.6 is 31.9 Å². The molecule has 14 heavy (non-hydrogen) atoms. The number of hydrogen-bond donors (Lipinski definition) is 0. The van der Waals surface area contributed by atoms with Crippen molar-refractivity contribution in [3.63, 3.8) is 0 Å². The molecule has 1 rings (SSSR count). The summed E-state index contributed by atoms with van der Waals surface area (Å²) in [6.07, 6.45) is -3.93. The van der Waals surface area contributed by atoms with E-state index in [-0.39, 0.29) is 14.5 Å². The largest absolute Gasteiger partial charge is 0.416 e. The highest BCUT2D eigenvalue weighted by molar-refractivity contribution is 9.11. The van der Waals surface area contributed by atoms with E-state index in [0.29, 0.717) is 6.29 Å². The quantitative estimate of drug-likeness (QED) is 0.710. The van der Waals surface area contributed by atoms with Gasteiger partial charge in [0, 0.05) is 14.5 Å². The Morgan fingerprint density at radius 3 is 1.86 bits per heavy atom. The van der Waals surface area contributed by atoms with E-state index in [9.17, 15) is 18.0 Å².